The van der Waals surface area contributed by atoms with Gasteiger partial charge in [0.25, 0.3) is 0 Å². The molecule has 3 aliphatic carbocycles. The largest absolute Gasteiger partial charge is 0.347 e. The molecule has 0 radical (unpaired) electrons. The van der Waals surface area contributed by atoms with E-state index in [9.17, 15) is 0 Å². The first-order valence-electron chi connectivity index (χ1n) is 9.88. The summed E-state index contributed by atoms with van der Waals surface area (Å²) in [5.74, 6) is 0.609. The molecule has 136 valence electrons. The summed E-state index contributed by atoms with van der Waals surface area (Å²) in [6.07, 6.45) is 8.32. The molecule has 0 aromatic carbocycles. The molecular formula is C19H30O5. The summed E-state index contributed by atoms with van der Waals surface area (Å²) in [5.41, 5.74) is 0. The Morgan fingerprint density at radius 1 is 0.833 bits per heavy atom. The lowest BCUT2D eigenvalue weighted by atomic mass is 9.62. The Labute approximate surface area is 144 Å². The monoisotopic (exact) mass is 338 g/mol. The van der Waals surface area contributed by atoms with Gasteiger partial charge in [0.1, 0.15) is 0 Å². The molecule has 0 N–H and O–H groups in total. The highest BCUT2D eigenvalue weighted by Crippen LogP contribution is 2.59. The van der Waals surface area contributed by atoms with Crippen LogP contribution in [-0.2, 0) is 24.0 Å². The number of hydrogen-bond acceptors (Lipinski definition) is 5. The summed E-state index contributed by atoms with van der Waals surface area (Å²) in [7, 11) is 0. The second-order valence-electron chi connectivity index (χ2n) is 9.05. The van der Waals surface area contributed by atoms with Gasteiger partial charge in [-0.1, -0.05) is 13.8 Å². The van der Waals surface area contributed by atoms with E-state index in [0.717, 1.165) is 31.1 Å². The lowest BCUT2D eigenvalue weighted by Crippen LogP contribution is -2.55. The molecule has 3 spiro atoms. The molecule has 0 aromatic heterocycles. The maximum Gasteiger partial charge on any atom is 0.210 e. The van der Waals surface area contributed by atoms with Gasteiger partial charge in [-0.3, -0.25) is 0 Å². The predicted molar refractivity (Wildman–Crippen MR) is 85.6 cm³/mol. The number of ether oxygens (including phenoxy) is 3. The molecule has 0 amide bonds. The van der Waals surface area contributed by atoms with E-state index in [2.05, 4.69) is 13.8 Å². The van der Waals surface area contributed by atoms with Crippen LogP contribution in [0.5, 0.6) is 0 Å². The van der Waals surface area contributed by atoms with E-state index in [-0.39, 0.29) is 0 Å². The topological polar surface area (TPSA) is 46.2 Å². The summed E-state index contributed by atoms with van der Waals surface area (Å²) >= 11 is 0. The highest BCUT2D eigenvalue weighted by Gasteiger charge is 2.65. The molecule has 2 bridgehead atoms. The molecule has 2 aliphatic heterocycles. The molecular weight excluding hydrogens is 308 g/mol. The van der Waals surface area contributed by atoms with Crippen molar-refractivity contribution in [3.8, 4) is 0 Å². The lowest BCUT2D eigenvalue weighted by Gasteiger charge is -2.50. The van der Waals surface area contributed by atoms with Crippen LogP contribution in [0.15, 0.2) is 0 Å². The number of rotatable bonds is 0. The zero-order chi connectivity index (χ0) is 16.4. The van der Waals surface area contributed by atoms with Gasteiger partial charge < -0.3 is 14.2 Å². The van der Waals surface area contributed by atoms with Crippen LogP contribution < -0.4 is 0 Å². The zero-order valence-electron chi connectivity index (χ0n) is 14.9. The molecule has 5 rings (SSSR count). The van der Waals surface area contributed by atoms with Crippen molar-refractivity contribution in [1.29, 1.82) is 0 Å². The summed E-state index contributed by atoms with van der Waals surface area (Å²) in [6.45, 7) is 5.98. The lowest BCUT2D eigenvalue weighted by molar-refractivity contribution is -0.387. The second kappa shape index (κ2) is 5.40. The first-order valence-corrected chi connectivity index (χ1v) is 9.88. The van der Waals surface area contributed by atoms with Crippen molar-refractivity contribution in [1.82, 2.24) is 0 Å². The van der Waals surface area contributed by atoms with E-state index >= 15 is 0 Å². The summed E-state index contributed by atoms with van der Waals surface area (Å²) in [5, 5.41) is 0. The van der Waals surface area contributed by atoms with E-state index in [1.54, 1.807) is 0 Å². The fourth-order valence-electron chi connectivity index (χ4n) is 6.25. The van der Waals surface area contributed by atoms with E-state index in [1.165, 1.54) is 25.7 Å². The third-order valence-electron chi connectivity index (χ3n) is 7.12. The summed E-state index contributed by atoms with van der Waals surface area (Å²) in [4.78, 5) is 12.1. The van der Waals surface area contributed by atoms with Gasteiger partial charge >= 0.3 is 0 Å². The van der Waals surface area contributed by atoms with E-state index in [0.29, 0.717) is 31.5 Å². The number of fused-ring (bicyclic) bond motifs is 3. The molecule has 0 aromatic rings. The van der Waals surface area contributed by atoms with Gasteiger partial charge in [-0.05, 0) is 43.9 Å². The van der Waals surface area contributed by atoms with Crippen LogP contribution in [0.2, 0.25) is 0 Å². The fourth-order valence-corrected chi connectivity index (χ4v) is 6.25. The van der Waals surface area contributed by atoms with Gasteiger partial charge in [0.2, 0.25) is 11.6 Å². The average Bonchev–Trinajstić information content (AvgIpc) is 3.12. The fraction of sp³-hybridized carbons (Fsp3) is 1.00. The van der Waals surface area contributed by atoms with Crippen molar-refractivity contribution in [2.75, 3.05) is 13.2 Å². The molecule has 2 heterocycles. The average molecular weight is 338 g/mol. The Hall–Kier alpha value is -0.200. The molecule has 5 aliphatic rings. The Bertz CT molecular complexity index is 500. The highest BCUT2D eigenvalue weighted by atomic mass is 17.3. The predicted octanol–water partition coefficient (Wildman–Crippen LogP) is 3.77. The summed E-state index contributed by atoms with van der Waals surface area (Å²) < 4.78 is 18.6. The maximum atomic E-state index is 6.75. The van der Waals surface area contributed by atoms with Gasteiger partial charge in [-0.25, -0.2) is 0 Å². The van der Waals surface area contributed by atoms with E-state index in [1.807, 2.05) is 0 Å². The van der Waals surface area contributed by atoms with Gasteiger partial charge in [0, 0.05) is 24.7 Å². The van der Waals surface area contributed by atoms with Crippen LogP contribution in [-0.4, -0.2) is 30.6 Å². The van der Waals surface area contributed by atoms with E-state index < -0.39 is 17.4 Å². The van der Waals surface area contributed by atoms with Crippen LogP contribution in [0.4, 0.5) is 0 Å². The van der Waals surface area contributed by atoms with Gasteiger partial charge in [0.05, 0.1) is 19.6 Å². The third-order valence-corrected chi connectivity index (χ3v) is 7.12. The third kappa shape index (κ3) is 2.32. The van der Waals surface area contributed by atoms with Crippen molar-refractivity contribution in [2.45, 2.75) is 82.6 Å². The van der Waals surface area contributed by atoms with E-state index in [4.69, 9.17) is 24.0 Å². The Balaban J connectivity index is 1.40. The highest BCUT2D eigenvalue weighted by molar-refractivity contribution is 5.00. The van der Waals surface area contributed by atoms with Crippen molar-refractivity contribution in [3.05, 3.63) is 0 Å². The molecule has 6 unspecified atom stereocenters. The molecule has 5 heteroatoms. The summed E-state index contributed by atoms with van der Waals surface area (Å²) in [6, 6.07) is 0. The van der Waals surface area contributed by atoms with Crippen LogP contribution in [0.25, 0.3) is 0 Å². The van der Waals surface area contributed by atoms with Crippen molar-refractivity contribution in [3.63, 3.8) is 0 Å². The second-order valence-corrected chi connectivity index (χ2v) is 9.05. The number of hydrogen-bond donors (Lipinski definition) is 0. The molecule has 2 saturated heterocycles. The Kier molecular flexibility index (Phi) is 3.60. The zero-order valence-corrected chi connectivity index (χ0v) is 14.9. The first-order chi connectivity index (χ1) is 11.5. The molecule has 5 fully saturated rings. The Morgan fingerprint density at radius 3 is 2.46 bits per heavy atom. The van der Waals surface area contributed by atoms with Crippen molar-refractivity contribution >= 4 is 0 Å². The van der Waals surface area contributed by atoms with Crippen LogP contribution >= 0.6 is 0 Å². The standard InChI is InChI=1S/C19H30O5/c1-13-8-15-10-14(2)19(16(9-13)11-15)22-18(23-24-19)5-3-4-17(12-18)20-6-7-21-17/h13-16H,3-12H2,1-2H3. The smallest absolute Gasteiger partial charge is 0.210 e. The first kappa shape index (κ1) is 16.0. The van der Waals surface area contributed by atoms with Gasteiger partial charge in [-0.15, -0.1) is 0 Å². The molecule has 6 atom stereocenters. The van der Waals surface area contributed by atoms with Crippen LogP contribution in [0.1, 0.15) is 65.2 Å². The minimum atomic E-state index is -0.690. The van der Waals surface area contributed by atoms with Crippen LogP contribution in [0.3, 0.4) is 0 Å². The minimum Gasteiger partial charge on any atom is -0.347 e. The normalized spacial score (nSPS) is 53.2. The van der Waals surface area contributed by atoms with Gasteiger partial charge in [-0.2, -0.15) is 9.78 Å². The Morgan fingerprint density at radius 2 is 1.62 bits per heavy atom. The molecule has 24 heavy (non-hydrogen) atoms. The van der Waals surface area contributed by atoms with Crippen molar-refractivity contribution < 1.29 is 24.0 Å². The van der Waals surface area contributed by atoms with Crippen LogP contribution in [0, 0.1) is 23.7 Å². The van der Waals surface area contributed by atoms with Crippen molar-refractivity contribution in [2.24, 2.45) is 23.7 Å². The minimum absolute atomic E-state index is 0.372. The quantitative estimate of drug-likeness (QED) is 0.629. The SMILES string of the molecule is CC1CC2CC(C)C3(OOC4(CCCC5(C4)OCCO5)O3)C(C1)C2. The maximum absolute atomic E-state index is 6.75. The molecule has 3 saturated carbocycles. The van der Waals surface area contributed by atoms with Gasteiger partial charge in [0.15, 0.2) is 5.79 Å². The molecule has 5 nitrogen and oxygen atoms in total.